The van der Waals surface area contributed by atoms with Crippen LogP contribution in [-0.2, 0) is 7.05 Å². The fraction of sp³-hybridized carbons (Fsp3) is 0.238. The van der Waals surface area contributed by atoms with Gasteiger partial charge in [0.05, 0.1) is 11.3 Å². The molecule has 0 radical (unpaired) electrons. The van der Waals surface area contributed by atoms with Crippen LogP contribution in [0.25, 0.3) is 16.5 Å². The van der Waals surface area contributed by atoms with Gasteiger partial charge < -0.3 is 15.3 Å². The molecule has 3 rings (SSSR count). The molecule has 0 unspecified atom stereocenters. The van der Waals surface area contributed by atoms with Crippen molar-refractivity contribution in [3.63, 3.8) is 0 Å². The van der Waals surface area contributed by atoms with E-state index in [4.69, 9.17) is 5.73 Å². The summed E-state index contributed by atoms with van der Waals surface area (Å²) in [5.41, 5.74) is 9.34. The average molecular weight is 348 g/mol. The highest BCUT2D eigenvalue weighted by atomic mass is 16.1. The molecule has 0 fully saturated rings. The second-order valence-electron chi connectivity index (χ2n) is 7.47. The predicted octanol–water partition coefficient (Wildman–Crippen LogP) is 4.73. The molecule has 0 spiro atoms. The second-order valence-corrected chi connectivity index (χ2v) is 7.47. The highest BCUT2D eigenvalue weighted by Crippen LogP contribution is 2.31. The summed E-state index contributed by atoms with van der Waals surface area (Å²) in [5, 5.41) is 1.15. The van der Waals surface area contributed by atoms with Crippen molar-refractivity contribution in [1.29, 1.82) is 0 Å². The zero-order chi connectivity index (χ0) is 19.1. The van der Waals surface area contributed by atoms with E-state index in [1.54, 1.807) is 12.4 Å². The summed E-state index contributed by atoms with van der Waals surface area (Å²) in [5.74, 6) is 0.456. The van der Waals surface area contributed by atoms with Gasteiger partial charge in [-0.25, -0.2) is 4.99 Å². The third-order valence-electron chi connectivity index (χ3n) is 4.45. The smallest absolute Gasteiger partial charge is 0.171 e. The summed E-state index contributed by atoms with van der Waals surface area (Å²) < 4.78 is 2.08. The Bertz CT molecular complexity index is 1030. The first-order chi connectivity index (χ1) is 12.2. The molecular formula is C21H24N4O. The molecule has 0 saturated carbocycles. The number of ketones is 1. The van der Waals surface area contributed by atoms with Crippen molar-refractivity contribution in [2.24, 2.45) is 17.5 Å². The minimum Gasteiger partial charge on any atom is -0.395 e. The Kier molecular flexibility index (Phi) is 4.32. The Morgan fingerprint density at radius 3 is 2.65 bits per heavy atom. The number of hydrogen-bond donors (Lipinski definition) is 2. The lowest BCUT2D eigenvalue weighted by Gasteiger charge is -2.15. The van der Waals surface area contributed by atoms with E-state index in [2.05, 4.69) is 39.3 Å². The number of aryl methyl sites for hydroxylation is 1. The maximum atomic E-state index is 12.4. The summed E-state index contributed by atoms with van der Waals surface area (Å²) in [6.07, 6.45) is 3.29. The molecule has 0 saturated heterocycles. The first kappa shape index (κ1) is 17.7. The quantitative estimate of drug-likeness (QED) is 0.528. The summed E-state index contributed by atoms with van der Waals surface area (Å²) >= 11 is 0. The number of Topliss-reactive ketones (excluding diaryl/α,β-unsaturated/α-hetero) is 1. The summed E-state index contributed by atoms with van der Waals surface area (Å²) in [6, 6.07) is 10.2. The third kappa shape index (κ3) is 3.08. The Morgan fingerprint density at radius 1 is 1.31 bits per heavy atom. The number of hydrogen-bond acceptors (Lipinski definition) is 3. The first-order valence-corrected chi connectivity index (χ1v) is 8.49. The SMILES string of the molecule is C=C(C=Nc1[nH]cc(C(=O)C(C)(C)C)c1N)c1cc2ccccc2n1C. The molecule has 0 aliphatic rings. The highest BCUT2D eigenvalue weighted by molar-refractivity contribution is 6.11. The van der Waals surface area contributed by atoms with Gasteiger partial charge >= 0.3 is 0 Å². The fourth-order valence-electron chi connectivity index (χ4n) is 2.93. The number of nitrogens with zero attached hydrogens (tertiary/aromatic N) is 2. The zero-order valence-electron chi connectivity index (χ0n) is 15.6. The molecule has 0 aliphatic heterocycles. The van der Waals surface area contributed by atoms with Gasteiger partial charge in [-0.1, -0.05) is 45.5 Å². The number of para-hydroxylation sites is 1. The molecule has 3 aromatic rings. The molecule has 5 nitrogen and oxygen atoms in total. The van der Waals surface area contributed by atoms with Gasteiger partial charge in [0.1, 0.15) is 0 Å². The summed E-state index contributed by atoms with van der Waals surface area (Å²) in [6.45, 7) is 9.72. The van der Waals surface area contributed by atoms with Gasteiger partial charge in [-0.3, -0.25) is 4.79 Å². The van der Waals surface area contributed by atoms with Crippen LogP contribution < -0.4 is 5.73 Å². The Hall–Kier alpha value is -3.08. The van der Waals surface area contributed by atoms with Crippen LogP contribution in [0.4, 0.5) is 11.5 Å². The molecule has 134 valence electrons. The number of carbonyl (C=O) groups is 1. The lowest BCUT2D eigenvalue weighted by atomic mass is 9.87. The van der Waals surface area contributed by atoms with E-state index in [9.17, 15) is 4.79 Å². The molecule has 0 atom stereocenters. The molecule has 3 N–H and O–H groups in total. The molecule has 0 amide bonds. The van der Waals surface area contributed by atoms with Gasteiger partial charge in [-0.2, -0.15) is 0 Å². The fourth-order valence-corrected chi connectivity index (χ4v) is 2.93. The van der Waals surface area contributed by atoms with Gasteiger partial charge in [-0.15, -0.1) is 0 Å². The van der Waals surface area contributed by atoms with Crippen LogP contribution in [0.2, 0.25) is 0 Å². The van der Waals surface area contributed by atoms with E-state index in [0.717, 1.165) is 22.2 Å². The van der Waals surface area contributed by atoms with Crippen LogP contribution in [0.15, 0.2) is 48.1 Å². The molecule has 0 bridgehead atoms. The van der Waals surface area contributed by atoms with Crippen molar-refractivity contribution in [1.82, 2.24) is 9.55 Å². The van der Waals surface area contributed by atoms with Gasteiger partial charge in [0.15, 0.2) is 11.6 Å². The number of nitrogens with two attached hydrogens (primary N) is 1. The molecule has 2 heterocycles. The molecule has 2 aromatic heterocycles. The molecular weight excluding hydrogens is 324 g/mol. The van der Waals surface area contributed by atoms with Crippen molar-refractivity contribution in [3.05, 3.63) is 54.4 Å². The maximum Gasteiger partial charge on any atom is 0.171 e. The van der Waals surface area contributed by atoms with Crippen LogP contribution in [0.1, 0.15) is 36.8 Å². The Balaban J connectivity index is 1.88. The monoisotopic (exact) mass is 348 g/mol. The lowest BCUT2D eigenvalue weighted by Crippen LogP contribution is -2.20. The molecule has 1 aromatic carbocycles. The number of H-pyrrole nitrogens is 1. The lowest BCUT2D eigenvalue weighted by molar-refractivity contribution is 0.0859. The van der Waals surface area contributed by atoms with Crippen molar-refractivity contribution < 1.29 is 4.79 Å². The number of aliphatic imine (C=N–C) groups is 1. The standard InChI is InChI=1S/C21H24N4O/c1-13(17-10-14-8-6-7-9-16(14)25(17)5)11-23-20-18(22)15(12-24-20)19(26)21(2,3)4/h6-12,24H,1,22H2,2-5H3. The van der Waals surface area contributed by atoms with Gasteiger partial charge in [0, 0.05) is 47.0 Å². The number of rotatable bonds is 4. The van der Waals surface area contributed by atoms with Crippen LogP contribution in [-0.4, -0.2) is 21.5 Å². The number of benzene rings is 1. The predicted molar refractivity (Wildman–Crippen MR) is 109 cm³/mol. The number of aromatic amines is 1. The maximum absolute atomic E-state index is 12.4. The molecule has 0 aliphatic carbocycles. The van der Waals surface area contributed by atoms with Crippen molar-refractivity contribution >= 4 is 40.0 Å². The van der Waals surface area contributed by atoms with Crippen LogP contribution in [0, 0.1) is 5.41 Å². The minimum absolute atomic E-state index is 0.0137. The van der Waals surface area contributed by atoms with E-state index in [1.807, 2.05) is 40.0 Å². The number of anilines is 1. The van der Waals surface area contributed by atoms with Crippen molar-refractivity contribution in [2.75, 3.05) is 5.73 Å². The van der Waals surface area contributed by atoms with Gasteiger partial charge in [-0.05, 0) is 12.1 Å². The van der Waals surface area contributed by atoms with Gasteiger partial charge in [0.2, 0.25) is 0 Å². The second kappa shape index (κ2) is 6.33. The number of nitrogens with one attached hydrogen (secondary N) is 1. The van der Waals surface area contributed by atoms with E-state index >= 15 is 0 Å². The number of fused-ring (bicyclic) bond motifs is 1. The first-order valence-electron chi connectivity index (χ1n) is 8.49. The summed E-state index contributed by atoms with van der Waals surface area (Å²) in [4.78, 5) is 19.8. The van der Waals surface area contributed by atoms with E-state index in [0.29, 0.717) is 17.1 Å². The number of nitrogen functional groups attached to an aromatic ring is 1. The van der Waals surface area contributed by atoms with Crippen LogP contribution in [0.5, 0.6) is 0 Å². The number of allylic oxidation sites excluding steroid dienone is 1. The van der Waals surface area contributed by atoms with Gasteiger partial charge in [0.25, 0.3) is 0 Å². The number of carbonyl (C=O) groups excluding carboxylic acids is 1. The van der Waals surface area contributed by atoms with Crippen LogP contribution >= 0.6 is 0 Å². The Morgan fingerprint density at radius 2 is 2.00 bits per heavy atom. The third-order valence-corrected chi connectivity index (χ3v) is 4.45. The topological polar surface area (TPSA) is 76.2 Å². The van der Waals surface area contributed by atoms with E-state index in [1.165, 1.54) is 0 Å². The molecule has 26 heavy (non-hydrogen) atoms. The largest absolute Gasteiger partial charge is 0.395 e. The number of aromatic nitrogens is 2. The average Bonchev–Trinajstić information content (AvgIpc) is 3.12. The Labute approximate surface area is 153 Å². The normalized spacial score (nSPS) is 12.2. The van der Waals surface area contributed by atoms with Crippen LogP contribution in [0.3, 0.4) is 0 Å². The highest BCUT2D eigenvalue weighted by Gasteiger charge is 2.26. The minimum atomic E-state index is -0.496. The van der Waals surface area contributed by atoms with Crippen molar-refractivity contribution in [3.8, 4) is 0 Å². The van der Waals surface area contributed by atoms with E-state index in [-0.39, 0.29) is 5.78 Å². The zero-order valence-corrected chi connectivity index (χ0v) is 15.6. The summed E-state index contributed by atoms with van der Waals surface area (Å²) in [7, 11) is 2.00. The molecule has 5 heteroatoms. The van der Waals surface area contributed by atoms with Crippen molar-refractivity contribution in [2.45, 2.75) is 20.8 Å². The van der Waals surface area contributed by atoms with E-state index < -0.39 is 5.41 Å².